The van der Waals surface area contributed by atoms with Crippen LogP contribution in [0.15, 0.2) is 24.3 Å². The highest BCUT2D eigenvalue weighted by molar-refractivity contribution is 5.23. The van der Waals surface area contributed by atoms with Crippen molar-refractivity contribution in [2.75, 3.05) is 20.1 Å². The van der Waals surface area contributed by atoms with Crippen LogP contribution >= 0.6 is 0 Å². The Morgan fingerprint density at radius 1 is 1.00 bits per heavy atom. The van der Waals surface area contributed by atoms with Gasteiger partial charge in [0.25, 0.3) is 0 Å². The molecule has 0 saturated carbocycles. The highest BCUT2D eigenvalue weighted by atomic mass is 15.1. The van der Waals surface area contributed by atoms with Gasteiger partial charge >= 0.3 is 0 Å². The molecule has 0 atom stereocenters. The van der Waals surface area contributed by atoms with Crippen molar-refractivity contribution in [2.24, 2.45) is 0 Å². The SMILES string of the molecule is CCCCN(CCCC)Cc1cccc(CNC)c1. The molecule has 0 saturated heterocycles. The van der Waals surface area contributed by atoms with Gasteiger partial charge < -0.3 is 5.32 Å². The van der Waals surface area contributed by atoms with Crippen LogP contribution in [-0.4, -0.2) is 25.0 Å². The third-order valence-electron chi connectivity index (χ3n) is 3.43. The first-order valence-corrected chi connectivity index (χ1v) is 7.74. The second-order valence-corrected chi connectivity index (χ2v) is 5.33. The number of rotatable bonds is 10. The van der Waals surface area contributed by atoms with Crippen molar-refractivity contribution in [3.05, 3.63) is 35.4 Å². The Morgan fingerprint density at radius 3 is 2.21 bits per heavy atom. The van der Waals surface area contributed by atoms with Gasteiger partial charge in [0.2, 0.25) is 0 Å². The van der Waals surface area contributed by atoms with Crippen LogP contribution in [0.5, 0.6) is 0 Å². The van der Waals surface area contributed by atoms with Gasteiger partial charge in [-0.3, -0.25) is 4.90 Å². The average Bonchev–Trinajstić information content (AvgIpc) is 2.42. The molecule has 2 heteroatoms. The van der Waals surface area contributed by atoms with E-state index >= 15 is 0 Å². The topological polar surface area (TPSA) is 15.3 Å². The van der Waals surface area contributed by atoms with Crippen LogP contribution in [0.4, 0.5) is 0 Å². The minimum Gasteiger partial charge on any atom is -0.316 e. The lowest BCUT2D eigenvalue weighted by Crippen LogP contribution is -2.25. The number of benzene rings is 1. The zero-order valence-electron chi connectivity index (χ0n) is 12.9. The van der Waals surface area contributed by atoms with Crippen molar-refractivity contribution in [1.82, 2.24) is 10.2 Å². The molecule has 1 aromatic rings. The first kappa shape index (κ1) is 16.2. The first-order chi connectivity index (χ1) is 9.30. The van der Waals surface area contributed by atoms with E-state index < -0.39 is 0 Å². The monoisotopic (exact) mass is 262 g/mol. The highest BCUT2D eigenvalue weighted by Crippen LogP contribution is 2.10. The van der Waals surface area contributed by atoms with Gasteiger partial charge in [-0.2, -0.15) is 0 Å². The number of nitrogens with zero attached hydrogens (tertiary/aromatic N) is 1. The predicted octanol–water partition coefficient (Wildman–Crippen LogP) is 3.81. The van der Waals surface area contributed by atoms with Gasteiger partial charge in [-0.1, -0.05) is 51.0 Å². The van der Waals surface area contributed by atoms with Crippen molar-refractivity contribution < 1.29 is 0 Å². The van der Waals surface area contributed by atoms with E-state index in [1.54, 1.807) is 0 Å². The Kier molecular flexibility index (Phi) is 8.52. The second-order valence-electron chi connectivity index (χ2n) is 5.33. The Morgan fingerprint density at radius 2 is 1.63 bits per heavy atom. The van der Waals surface area contributed by atoms with E-state index in [-0.39, 0.29) is 0 Å². The Labute approximate surface area is 119 Å². The normalized spacial score (nSPS) is 11.2. The van der Waals surface area contributed by atoms with E-state index in [9.17, 15) is 0 Å². The van der Waals surface area contributed by atoms with Gasteiger partial charge in [0, 0.05) is 13.1 Å². The van der Waals surface area contributed by atoms with Crippen molar-refractivity contribution in [2.45, 2.75) is 52.6 Å². The molecule has 1 rings (SSSR count). The summed E-state index contributed by atoms with van der Waals surface area (Å²) in [6, 6.07) is 8.97. The lowest BCUT2D eigenvalue weighted by molar-refractivity contribution is 0.257. The third kappa shape index (κ3) is 6.74. The van der Waals surface area contributed by atoms with Crippen LogP contribution < -0.4 is 5.32 Å². The van der Waals surface area contributed by atoms with Crippen molar-refractivity contribution >= 4 is 0 Å². The summed E-state index contributed by atoms with van der Waals surface area (Å²) in [6.45, 7) is 9.05. The third-order valence-corrected chi connectivity index (χ3v) is 3.43. The summed E-state index contributed by atoms with van der Waals surface area (Å²) in [6.07, 6.45) is 5.17. The van der Waals surface area contributed by atoms with Crippen LogP contribution in [0.2, 0.25) is 0 Å². The first-order valence-electron chi connectivity index (χ1n) is 7.74. The largest absolute Gasteiger partial charge is 0.316 e. The van der Waals surface area contributed by atoms with Crippen LogP contribution in [0.1, 0.15) is 50.7 Å². The summed E-state index contributed by atoms with van der Waals surface area (Å²) in [4.78, 5) is 2.60. The maximum Gasteiger partial charge on any atom is 0.0233 e. The fraction of sp³-hybridized carbons (Fsp3) is 0.647. The molecule has 0 radical (unpaired) electrons. The molecule has 0 heterocycles. The van der Waals surface area contributed by atoms with Crippen molar-refractivity contribution in [3.63, 3.8) is 0 Å². The standard InChI is InChI=1S/C17H30N2/c1-4-6-11-19(12-7-5-2)15-17-10-8-9-16(13-17)14-18-3/h8-10,13,18H,4-7,11-12,14-15H2,1-3H3. The van der Waals surface area contributed by atoms with Gasteiger partial charge in [-0.15, -0.1) is 0 Å². The molecule has 1 aromatic carbocycles. The van der Waals surface area contributed by atoms with Gasteiger partial charge in [-0.05, 0) is 44.1 Å². The quantitative estimate of drug-likeness (QED) is 0.690. The molecule has 19 heavy (non-hydrogen) atoms. The van der Waals surface area contributed by atoms with Crippen LogP contribution in [0.25, 0.3) is 0 Å². The zero-order chi connectivity index (χ0) is 13.9. The molecule has 2 nitrogen and oxygen atoms in total. The van der Waals surface area contributed by atoms with Crippen LogP contribution in [0.3, 0.4) is 0 Å². The molecule has 0 fully saturated rings. The molecular formula is C17H30N2. The van der Waals surface area contributed by atoms with E-state index in [0.29, 0.717) is 0 Å². The number of nitrogens with one attached hydrogen (secondary N) is 1. The van der Waals surface area contributed by atoms with E-state index in [0.717, 1.165) is 13.1 Å². The molecule has 0 unspecified atom stereocenters. The van der Waals surface area contributed by atoms with Gasteiger partial charge in [0.1, 0.15) is 0 Å². The summed E-state index contributed by atoms with van der Waals surface area (Å²) in [5, 5.41) is 3.22. The van der Waals surface area contributed by atoms with Crippen molar-refractivity contribution in [3.8, 4) is 0 Å². The molecule has 108 valence electrons. The molecular weight excluding hydrogens is 232 g/mol. The minimum atomic E-state index is 0.956. The fourth-order valence-electron chi connectivity index (χ4n) is 2.33. The molecule has 0 spiro atoms. The average molecular weight is 262 g/mol. The molecule has 0 aliphatic heterocycles. The Bertz CT molecular complexity index is 328. The molecule has 0 aliphatic carbocycles. The predicted molar refractivity (Wildman–Crippen MR) is 84.3 cm³/mol. The fourth-order valence-corrected chi connectivity index (χ4v) is 2.33. The lowest BCUT2D eigenvalue weighted by atomic mass is 10.1. The summed E-state index contributed by atoms with van der Waals surface area (Å²) in [5.74, 6) is 0. The molecule has 1 N–H and O–H groups in total. The molecule has 0 bridgehead atoms. The highest BCUT2D eigenvalue weighted by Gasteiger charge is 2.05. The zero-order valence-corrected chi connectivity index (χ0v) is 12.9. The van der Waals surface area contributed by atoms with Gasteiger partial charge in [-0.25, -0.2) is 0 Å². The van der Waals surface area contributed by atoms with E-state index in [2.05, 4.69) is 48.3 Å². The number of hydrogen-bond acceptors (Lipinski definition) is 2. The molecule has 0 aliphatic rings. The maximum atomic E-state index is 3.22. The Balaban J connectivity index is 2.57. The number of hydrogen-bond donors (Lipinski definition) is 1. The lowest BCUT2D eigenvalue weighted by Gasteiger charge is -2.22. The summed E-state index contributed by atoms with van der Waals surface area (Å²) >= 11 is 0. The van der Waals surface area contributed by atoms with Crippen molar-refractivity contribution in [1.29, 1.82) is 0 Å². The van der Waals surface area contributed by atoms with E-state index in [4.69, 9.17) is 0 Å². The second kappa shape index (κ2) is 9.99. The summed E-state index contributed by atoms with van der Waals surface area (Å²) < 4.78 is 0. The van der Waals surface area contributed by atoms with E-state index in [1.807, 2.05) is 7.05 Å². The van der Waals surface area contributed by atoms with Gasteiger partial charge in [0.15, 0.2) is 0 Å². The minimum absolute atomic E-state index is 0.956. The van der Waals surface area contributed by atoms with Crippen LogP contribution in [0, 0.1) is 0 Å². The number of unbranched alkanes of at least 4 members (excludes halogenated alkanes) is 2. The summed E-state index contributed by atoms with van der Waals surface area (Å²) in [7, 11) is 2.00. The molecule has 0 amide bonds. The maximum absolute atomic E-state index is 3.22. The smallest absolute Gasteiger partial charge is 0.0233 e. The van der Waals surface area contributed by atoms with Crippen LogP contribution in [-0.2, 0) is 13.1 Å². The van der Waals surface area contributed by atoms with Gasteiger partial charge in [0.05, 0.1) is 0 Å². The molecule has 0 aromatic heterocycles. The summed E-state index contributed by atoms with van der Waals surface area (Å²) in [5.41, 5.74) is 2.82. The van der Waals surface area contributed by atoms with E-state index in [1.165, 1.54) is 49.9 Å². The Hall–Kier alpha value is -0.860.